The maximum Gasteiger partial charge on any atom is 0.305 e. The number of carbonyl (C=O) groups excluding carboxylic acids is 3. The molecule has 12 heteroatoms. The van der Waals surface area contributed by atoms with E-state index in [9.17, 15) is 19.2 Å². The number of nitrogens with one attached hydrogen (secondary N) is 1. The van der Waals surface area contributed by atoms with Crippen molar-refractivity contribution in [2.24, 2.45) is 29.6 Å². The molecule has 2 saturated carbocycles. The van der Waals surface area contributed by atoms with Crippen molar-refractivity contribution >= 4 is 46.5 Å². The van der Waals surface area contributed by atoms with Crippen LogP contribution in [0.3, 0.4) is 0 Å². The Morgan fingerprint density at radius 3 is 2.49 bits per heavy atom. The van der Waals surface area contributed by atoms with Crippen LogP contribution in [0.5, 0.6) is 11.5 Å². The molecule has 1 N–H and O–H groups in total. The highest BCUT2D eigenvalue weighted by molar-refractivity contribution is 8.00. The van der Waals surface area contributed by atoms with Gasteiger partial charge in [-0.25, -0.2) is 0 Å². The molecule has 2 bridgehead atoms. The van der Waals surface area contributed by atoms with E-state index >= 15 is 0 Å². The van der Waals surface area contributed by atoms with Crippen molar-refractivity contribution in [3.8, 4) is 11.5 Å². The summed E-state index contributed by atoms with van der Waals surface area (Å²) in [6, 6.07) is 15.0. The van der Waals surface area contributed by atoms with Gasteiger partial charge >= 0.3 is 4.87 Å². The summed E-state index contributed by atoms with van der Waals surface area (Å²) >= 11 is 2.89. The highest BCUT2D eigenvalue weighted by atomic mass is 32.2. The second-order valence-electron chi connectivity index (χ2n) is 12.2. The molecule has 1 aromatic heterocycles. The number of carbonyl (C=O) groups is 3. The van der Waals surface area contributed by atoms with Crippen LogP contribution in [0.1, 0.15) is 29.7 Å². The van der Waals surface area contributed by atoms with E-state index < -0.39 is 0 Å². The van der Waals surface area contributed by atoms with Gasteiger partial charge in [0.05, 0.1) is 42.4 Å². The molecule has 8 rings (SSSR count). The number of aromatic nitrogens is 1. The van der Waals surface area contributed by atoms with Crippen LogP contribution < -0.4 is 19.2 Å². The van der Waals surface area contributed by atoms with Gasteiger partial charge in [0.1, 0.15) is 0 Å². The van der Waals surface area contributed by atoms with E-state index in [-0.39, 0.29) is 70.0 Å². The number of hydrogen-bond donors (Lipinski definition) is 1. The smallest absolute Gasteiger partial charge is 0.305 e. The SMILES string of the molecule is CCOc1cc([C@H]2c3sc(=O)[nH]c3SC3C2[C@H]2C[C@@H]3C3C(=O)N(c4ccccc4)C(=O)C32)ccc1OCC(=O)N1CCOCC1. The Morgan fingerprint density at radius 2 is 1.73 bits per heavy atom. The number of nitrogens with zero attached hydrogens (tertiary/aromatic N) is 2. The molecule has 7 atom stereocenters. The number of H-pyrrole nitrogens is 1. The summed E-state index contributed by atoms with van der Waals surface area (Å²) in [5.41, 5.74) is 1.60. The Hall–Kier alpha value is -3.61. The molecule has 3 amide bonds. The van der Waals surface area contributed by atoms with Gasteiger partial charge in [0.15, 0.2) is 18.1 Å². The van der Waals surface area contributed by atoms with Crippen LogP contribution in [0.25, 0.3) is 0 Å². The molecule has 0 radical (unpaired) electrons. The average Bonchev–Trinajstić information content (AvgIpc) is 3.80. The highest BCUT2D eigenvalue weighted by Gasteiger charge is 2.69. The third-order valence-electron chi connectivity index (χ3n) is 10.1. The quantitative estimate of drug-likeness (QED) is 0.386. The molecular formula is C33H33N3O7S2. The molecule has 10 nitrogen and oxygen atoms in total. The minimum atomic E-state index is -0.371. The number of para-hydroxylation sites is 1. The van der Waals surface area contributed by atoms with Gasteiger partial charge in [0.25, 0.3) is 5.91 Å². The first-order valence-corrected chi connectivity index (χ1v) is 17.2. The first kappa shape index (κ1) is 28.8. The first-order valence-electron chi connectivity index (χ1n) is 15.5. The van der Waals surface area contributed by atoms with E-state index in [1.807, 2.05) is 55.5 Å². The number of anilines is 1. The molecule has 3 aromatic rings. The number of aromatic amines is 1. The molecule has 0 spiro atoms. The van der Waals surface area contributed by atoms with Gasteiger partial charge in [-0.2, -0.15) is 0 Å². The van der Waals surface area contributed by atoms with E-state index in [1.54, 1.807) is 16.7 Å². The number of fused-ring (bicyclic) bond motifs is 9. The van der Waals surface area contributed by atoms with Gasteiger partial charge in [0.2, 0.25) is 11.8 Å². The molecule has 4 heterocycles. The number of imide groups is 1. The van der Waals surface area contributed by atoms with Gasteiger partial charge in [-0.1, -0.05) is 35.6 Å². The summed E-state index contributed by atoms with van der Waals surface area (Å²) in [6.07, 6.45) is 0.816. The van der Waals surface area contributed by atoms with E-state index in [2.05, 4.69) is 4.98 Å². The van der Waals surface area contributed by atoms with E-state index in [0.29, 0.717) is 50.1 Å². The van der Waals surface area contributed by atoms with Crippen molar-refractivity contribution < 1.29 is 28.6 Å². The average molecular weight is 648 g/mol. The molecule has 2 saturated heterocycles. The lowest BCUT2D eigenvalue weighted by molar-refractivity contribution is -0.137. The monoisotopic (exact) mass is 647 g/mol. The molecule has 5 aliphatic rings. The Kier molecular flexibility index (Phi) is 7.26. The summed E-state index contributed by atoms with van der Waals surface area (Å²) in [5, 5.41) is 0.940. The minimum Gasteiger partial charge on any atom is -0.490 e. The molecule has 45 heavy (non-hydrogen) atoms. The normalized spacial score (nSPS) is 29.8. The Morgan fingerprint density at radius 1 is 0.978 bits per heavy atom. The molecule has 4 unspecified atom stereocenters. The Labute approximate surface area is 268 Å². The number of ether oxygens (including phenoxy) is 3. The zero-order valence-electron chi connectivity index (χ0n) is 24.7. The zero-order valence-corrected chi connectivity index (χ0v) is 26.3. The van der Waals surface area contributed by atoms with Crippen LogP contribution in [0.2, 0.25) is 0 Å². The maximum atomic E-state index is 14.0. The van der Waals surface area contributed by atoms with E-state index in [0.717, 1.165) is 21.9 Å². The summed E-state index contributed by atoms with van der Waals surface area (Å²) < 4.78 is 17.4. The summed E-state index contributed by atoms with van der Waals surface area (Å²) in [6.45, 7) is 4.34. The number of thiazole rings is 1. The van der Waals surface area contributed by atoms with Gasteiger partial charge < -0.3 is 24.1 Å². The van der Waals surface area contributed by atoms with Crippen LogP contribution in [0.15, 0.2) is 58.4 Å². The number of benzene rings is 2. The lowest BCUT2D eigenvalue weighted by atomic mass is 9.68. The third kappa shape index (κ3) is 4.63. The second-order valence-corrected chi connectivity index (χ2v) is 14.4. The maximum absolute atomic E-state index is 14.0. The number of hydrogen-bond acceptors (Lipinski definition) is 9. The van der Waals surface area contributed by atoms with E-state index in [1.165, 1.54) is 16.2 Å². The fourth-order valence-corrected chi connectivity index (χ4v) is 11.3. The fourth-order valence-electron chi connectivity index (χ4n) is 8.37. The predicted octanol–water partition coefficient (Wildman–Crippen LogP) is 3.75. The molecule has 2 aliphatic carbocycles. The topological polar surface area (TPSA) is 118 Å². The van der Waals surface area contributed by atoms with Gasteiger partial charge in [-0.15, -0.1) is 11.8 Å². The first-order chi connectivity index (χ1) is 21.9. The lowest BCUT2D eigenvalue weighted by Crippen LogP contribution is -2.43. The summed E-state index contributed by atoms with van der Waals surface area (Å²) in [5.74, 6) is -0.0436. The van der Waals surface area contributed by atoms with Crippen molar-refractivity contribution in [1.82, 2.24) is 9.88 Å². The third-order valence-corrected chi connectivity index (χ3v) is 12.7. The highest BCUT2D eigenvalue weighted by Crippen LogP contribution is 2.68. The number of amides is 3. The Balaban J connectivity index is 1.13. The fraction of sp³-hybridized carbons (Fsp3) is 0.455. The van der Waals surface area contributed by atoms with Crippen LogP contribution in [-0.2, 0) is 19.1 Å². The van der Waals surface area contributed by atoms with Crippen LogP contribution in [-0.4, -0.2) is 72.4 Å². The molecule has 2 aromatic carbocycles. The van der Waals surface area contributed by atoms with Crippen LogP contribution >= 0.6 is 23.1 Å². The standard InChI is InChI=1S/C33H33N3O7S2/c1-2-42-22-14-17(8-9-21(22)43-16-23(37)35-10-12-41-13-11-35)24-25-19-15-20(28(25)44-30-29(24)45-33(40)34-30)27-26(19)31(38)36(32(27)39)18-6-4-3-5-7-18/h3-9,14,19-20,24-28H,2,10-13,15-16H2,1H3,(H,34,40)/t19-,20-,24-,25?,26?,27?,28?/m1/s1. The number of rotatable bonds is 7. The summed E-state index contributed by atoms with van der Waals surface area (Å²) in [4.78, 5) is 60.2. The van der Waals surface area contributed by atoms with Crippen molar-refractivity contribution in [3.05, 3.63) is 68.6 Å². The van der Waals surface area contributed by atoms with Crippen molar-refractivity contribution in [1.29, 1.82) is 0 Å². The molecule has 3 aliphatic heterocycles. The van der Waals surface area contributed by atoms with Crippen molar-refractivity contribution in [2.45, 2.75) is 29.5 Å². The van der Waals surface area contributed by atoms with Crippen LogP contribution in [0, 0.1) is 29.6 Å². The Bertz CT molecular complexity index is 1720. The largest absolute Gasteiger partial charge is 0.490 e. The number of morpholine rings is 1. The van der Waals surface area contributed by atoms with Gasteiger partial charge in [0, 0.05) is 29.1 Å². The molecule has 234 valence electrons. The van der Waals surface area contributed by atoms with Crippen molar-refractivity contribution in [3.63, 3.8) is 0 Å². The molecule has 4 fully saturated rings. The summed E-state index contributed by atoms with van der Waals surface area (Å²) in [7, 11) is 0. The minimum absolute atomic E-state index is 0.00984. The van der Waals surface area contributed by atoms with Crippen LogP contribution in [0.4, 0.5) is 5.69 Å². The van der Waals surface area contributed by atoms with Gasteiger partial charge in [-0.3, -0.25) is 24.1 Å². The zero-order chi connectivity index (χ0) is 30.8. The van der Waals surface area contributed by atoms with Crippen molar-refractivity contribution in [2.75, 3.05) is 44.4 Å². The predicted molar refractivity (Wildman–Crippen MR) is 168 cm³/mol. The van der Waals surface area contributed by atoms with Gasteiger partial charge in [-0.05, 0) is 60.9 Å². The lowest BCUT2D eigenvalue weighted by Gasteiger charge is -2.43. The second kappa shape index (κ2) is 11.3. The molecular weight excluding hydrogens is 615 g/mol. The van der Waals surface area contributed by atoms with E-state index in [4.69, 9.17) is 14.2 Å². The number of thioether (sulfide) groups is 1.